The normalized spacial score (nSPS) is 16.5. The van der Waals surface area contributed by atoms with Gasteiger partial charge >= 0.3 is 0 Å². The summed E-state index contributed by atoms with van der Waals surface area (Å²) in [7, 11) is 0. The van der Waals surface area contributed by atoms with Crippen LogP contribution in [-0.4, -0.2) is 45.8 Å². The number of aromatic nitrogens is 1. The van der Waals surface area contributed by atoms with Crippen LogP contribution >= 0.6 is 0 Å². The molecule has 1 atom stereocenters. The Bertz CT molecular complexity index is 930. The van der Waals surface area contributed by atoms with Crippen LogP contribution in [0.4, 0.5) is 5.69 Å². The van der Waals surface area contributed by atoms with Gasteiger partial charge in [0.2, 0.25) is 0 Å². The maximum absolute atomic E-state index is 12.8. The minimum absolute atomic E-state index is 0.0774. The predicted molar refractivity (Wildman–Crippen MR) is 100 cm³/mol. The van der Waals surface area contributed by atoms with E-state index in [1.165, 1.54) is 18.3 Å². The quantitative estimate of drug-likeness (QED) is 0.621. The molecule has 0 aliphatic carbocycles. The van der Waals surface area contributed by atoms with Crippen LogP contribution in [-0.2, 0) is 0 Å². The molecule has 9 nitrogen and oxygen atoms in total. The number of hydrogen-bond donors (Lipinski definition) is 1. The molecule has 1 aliphatic heterocycles. The van der Waals surface area contributed by atoms with Crippen LogP contribution in [0.15, 0.2) is 36.5 Å². The molecule has 9 heteroatoms. The lowest BCUT2D eigenvalue weighted by Crippen LogP contribution is -2.44. The van der Waals surface area contributed by atoms with Gasteiger partial charge in [0.15, 0.2) is 0 Å². The van der Waals surface area contributed by atoms with Crippen molar-refractivity contribution in [1.29, 1.82) is 0 Å². The molecule has 28 heavy (non-hydrogen) atoms. The van der Waals surface area contributed by atoms with Crippen molar-refractivity contribution in [1.82, 2.24) is 9.88 Å². The molecule has 1 unspecified atom stereocenters. The Morgan fingerprint density at radius 3 is 2.82 bits per heavy atom. The van der Waals surface area contributed by atoms with E-state index >= 15 is 0 Å². The van der Waals surface area contributed by atoms with Gasteiger partial charge < -0.3 is 15.4 Å². The van der Waals surface area contributed by atoms with Gasteiger partial charge in [-0.2, -0.15) is 0 Å². The second kappa shape index (κ2) is 8.03. The molecule has 1 aromatic carbocycles. The van der Waals surface area contributed by atoms with Crippen molar-refractivity contribution in [3.05, 3.63) is 63.5 Å². The monoisotopic (exact) mass is 384 g/mol. The number of carbonyl (C=O) groups is 2. The average Bonchev–Trinajstić information content (AvgIpc) is 2.68. The molecule has 2 amide bonds. The maximum Gasteiger partial charge on any atom is 0.273 e. The highest BCUT2D eigenvalue weighted by Crippen LogP contribution is 2.23. The minimum Gasteiger partial charge on any atom is -0.488 e. The Balaban J connectivity index is 1.72. The van der Waals surface area contributed by atoms with E-state index in [0.717, 1.165) is 12.8 Å². The van der Waals surface area contributed by atoms with Gasteiger partial charge in [0.25, 0.3) is 17.5 Å². The molecule has 1 aliphatic rings. The number of ether oxygens (including phenoxy) is 1. The molecule has 0 radical (unpaired) electrons. The lowest BCUT2D eigenvalue weighted by Gasteiger charge is -2.33. The maximum atomic E-state index is 12.8. The number of nitro benzene ring substituents is 1. The molecule has 0 bridgehead atoms. The van der Waals surface area contributed by atoms with E-state index in [-0.39, 0.29) is 29.0 Å². The Morgan fingerprint density at radius 2 is 2.11 bits per heavy atom. The summed E-state index contributed by atoms with van der Waals surface area (Å²) in [6, 6.07) is 7.57. The Kier molecular flexibility index (Phi) is 5.53. The lowest BCUT2D eigenvalue weighted by molar-refractivity contribution is -0.385. The molecule has 0 saturated carbocycles. The van der Waals surface area contributed by atoms with E-state index in [0.29, 0.717) is 24.4 Å². The molecule has 0 spiro atoms. The number of primary amides is 1. The largest absolute Gasteiger partial charge is 0.488 e. The van der Waals surface area contributed by atoms with Gasteiger partial charge in [-0.25, -0.2) is 0 Å². The number of pyridine rings is 1. The molecular formula is C19H20N4O5. The molecule has 1 saturated heterocycles. The van der Waals surface area contributed by atoms with Gasteiger partial charge in [-0.05, 0) is 31.9 Å². The van der Waals surface area contributed by atoms with Crippen LogP contribution in [0.3, 0.4) is 0 Å². The van der Waals surface area contributed by atoms with Crippen molar-refractivity contribution in [2.24, 2.45) is 5.73 Å². The molecule has 2 N–H and O–H groups in total. The van der Waals surface area contributed by atoms with Gasteiger partial charge in [0.1, 0.15) is 17.5 Å². The van der Waals surface area contributed by atoms with E-state index < -0.39 is 10.8 Å². The van der Waals surface area contributed by atoms with Crippen molar-refractivity contribution >= 4 is 17.5 Å². The number of likely N-dealkylation sites (tertiary alicyclic amines) is 1. The van der Waals surface area contributed by atoms with E-state index in [4.69, 9.17) is 10.5 Å². The van der Waals surface area contributed by atoms with E-state index in [9.17, 15) is 19.7 Å². The number of benzene rings is 1. The number of rotatable bonds is 5. The van der Waals surface area contributed by atoms with Crippen molar-refractivity contribution < 1.29 is 19.2 Å². The first-order valence-electron chi connectivity index (χ1n) is 8.82. The fourth-order valence-corrected chi connectivity index (χ4v) is 3.15. The lowest BCUT2D eigenvalue weighted by atomic mass is 10.0. The van der Waals surface area contributed by atoms with E-state index in [1.54, 1.807) is 30.0 Å². The molecule has 146 valence electrons. The highest BCUT2D eigenvalue weighted by molar-refractivity contribution is 5.95. The topological polar surface area (TPSA) is 129 Å². The Morgan fingerprint density at radius 1 is 1.32 bits per heavy atom. The van der Waals surface area contributed by atoms with E-state index in [2.05, 4.69) is 4.98 Å². The van der Waals surface area contributed by atoms with Gasteiger partial charge in [-0.1, -0.05) is 6.07 Å². The highest BCUT2D eigenvalue weighted by Gasteiger charge is 2.27. The first-order chi connectivity index (χ1) is 13.3. The third-order valence-corrected chi connectivity index (χ3v) is 4.60. The minimum atomic E-state index is -0.646. The first kappa shape index (κ1) is 19.3. The van der Waals surface area contributed by atoms with Gasteiger partial charge in [-0.3, -0.25) is 24.7 Å². The first-order valence-corrected chi connectivity index (χ1v) is 8.82. The van der Waals surface area contributed by atoms with Crippen LogP contribution in [0.2, 0.25) is 0 Å². The summed E-state index contributed by atoms with van der Waals surface area (Å²) >= 11 is 0. The van der Waals surface area contributed by atoms with Crippen LogP contribution in [0.1, 0.15) is 39.3 Å². The molecule has 2 heterocycles. The van der Waals surface area contributed by atoms with Crippen molar-refractivity contribution in [2.75, 3.05) is 13.1 Å². The van der Waals surface area contributed by atoms with E-state index in [1.807, 2.05) is 0 Å². The number of piperidine rings is 1. The molecule has 2 aromatic rings. The standard InChI is InChI=1S/C19H20N4O5/c1-12-4-5-13(9-17(12)23(26)27)19(25)22-8-2-3-15(11-22)28-14-6-7-21-16(10-14)18(20)24/h4-7,9-10,15H,2-3,8,11H2,1H3,(H2,20,24). The summed E-state index contributed by atoms with van der Waals surface area (Å²) in [5.74, 6) is -0.468. The third-order valence-electron chi connectivity index (χ3n) is 4.60. The summed E-state index contributed by atoms with van der Waals surface area (Å²) in [4.78, 5) is 40.2. The summed E-state index contributed by atoms with van der Waals surface area (Å²) in [5.41, 5.74) is 6.04. The summed E-state index contributed by atoms with van der Waals surface area (Å²) in [6.45, 7) is 2.52. The SMILES string of the molecule is Cc1ccc(C(=O)N2CCCC(Oc3ccnc(C(N)=O)c3)C2)cc1[N+](=O)[O-]. The predicted octanol–water partition coefficient (Wildman–Crippen LogP) is 2.08. The zero-order valence-corrected chi connectivity index (χ0v) is 15.3. The fraction of sp³-hybridized carbons (Fsp3) is 0.316. The number of nitro groups is 1. The molecule has 1 fully saturated rings. The Hall–Kier alpha value is -3.49. The number of aryl methyl sites for hydroxylation is 1. The summed E-state index contributed by atoms with van der Waals surface area (Å²) in [5, 5.41) is 11.1. The zero-order valence-electron chi connectivity index (χ0n) is 15.3. The average molecular weight is 384 g/mol. The Labute approximate surface area is 161 Å². The van der Waals surface area contributed by atoms with Crippen molar-refractivity contribution in [3.63, 3.8) is 0 Å². The molecule has 3 rings (SSSR count). The number of nitrogens with zero attached hydrogens (tertiary/aromatic N) is 3. The number of nitrogens with two attached hydrogens (primary N) is 1. The fourth-order valence-electron chi connectivity index (χ4n) is 3.15. The van der Waals surface area contributed by atoms with Crippen LogP contribution in [0.5, 0.6) is 5.75 Å². The van der Waals surface area contributed by atoms with Crippen LogP contribution in [0, 0.1) is 17.0 Å². The van der Waals surface area contributed by atoms with Crippen LogP contribution < -0.4 is 10.5 Å². The van der Waals surface area contributed by atoms with Gasteiger partial charge in [-0.15, -0.1) is 0 Å². The third kappa shape index (κ3) is 4.25. The molecule has 1 aromatic heterocycles. The summed E-state index contributed by atoms with van der Waals surface area (Å²) in [6.07, 6.45) is 2.65. The molecular weight excluding hydrogens is 364 g/mol. The summed E-state index contributed by atoms with van der Waals surface area (Å²) < 4.78 is 5.89. The second-order valence-corrected chi connectivity index (χ2v) is 6.63. The van der Waals surface area contributed by atoms with Gasteiger partial charge in [0, 0.05) is 36.0 Å². The number of carbonyl (C=O) groups excluding carboxylic acids is 2. The van der Waals surface area contributed by atoms with Gasteiger partial charge in [0.05, 0.1) is 11.5 Å². The van der Waals surface area contributed by atoms with Crippen LogP contribution in [0.25, 0.3) is 0 Å². The number of hydrogen-bond acceptors (Lipinski definition) is 6. The highest BCUT2D eigenvalue weighted by atomic mass is 16.6. The zero-order chi connectivity index (χ0) is 20.3. The second-order valence-electron chi connectivity index (χ2n) is 6.63. The van der Waals surface area contributed by atoms with Crippen molar-refractivity contribution in [3.8, 4) is 5.75 Å². The van der Waals surface area contributed by atoms with Crippen molar-refractivity contribution in [2.45, 2.75) is 25.9 Å². The smallest absolute Gasteiger partial charge is 0.273 e. The number of amides is 2.